The zero-order chi connectivity index (χ0) is 16.8. The number of nitrogens with zero attached hydrogens (tertiary/aromatic N) is 2. The zero-order valence-corrected chi connectivity index (χ0v) is 13.3. The molecule has 0 bridgehead atoms. The minimum absolute atomic E-state index is 0.135. The van der Waals surface area contributed by atoms with Crippen molar-refractivity contribution in [1.29, 1.82) is 0 Å². The van der Waals surface area contributed by atoms with Crippen LogP contribution < -0.4 is 11.1 Å². The Balaban J connectivity index is 1.75. The van der Waals surface area contributed by atoms with E-state index < -0.39 is 5.92 Å². The Bertz CT molecular complexity index is 855. The molecule has 1 aliphatic carbocycles. The van der Waals surface area contributed by atoms with Crippen LogP contribution in [-0.2, 0) is 12.8 Å². The van der Waals surface area contributed by atoms with Crippen LogP contribution in [0.4, 0.5) is 15.9 Å². The second-order valence-corrected chi connectivity index (χ2v) is 6.49. The largest absolute Gasteiger partial charge is 0.385 e. The molecule has 0 saturated carbocycles. The summed E-state index contributed by atoms with van der Waals surface area (Å²) in [6, 6.07) is 4.52. The number of aromatic nitrogens is 2. The van der Waals surface area contributed by atoms with Gasteiger partial charge in [-0.05, 0) is 49.4 Å². The molecule has 3 N–H and O–H groups in total. The van der Waals surface area contributed by atoms with Crippen molar-refractivity contribution in [3.05, 3.63) is 53.0 Å². The molecule has 4 rings (SSSR count). The van der Waals surface area contributed by atoms with Crippen LogP contribution in [0, 0.1) is 5.82 Å². The van der Waals surface area contributed by atoms with Gasteiger partial charge >= 0.3 is 0 Å². The van der Waals surface area contributed by atoms with E-state index in [2.05, 4.69) is 17.0 Å². The summed E-state index contributed by atoms with van der Waals surface area (Å²) < 4.78 is 15.1. The van der Waals surface area contributed by atoms with Gasteiger partial charge in [-0.25, -0.2) is 9.07 Å². The molecular weight excluding hydrogens is 307 g/mol. The minimum atomic E-state index is -0.412. The lowest BCUT2D eigenvalue weighted by molar-refractivity contribution is 0.0852. The van der Waals surface area contributed by atoms with E-state index in [4.69, 9.17) is 5.73 Å². The van der Waals surface area contributed by atoms with E-state index in [1.54, 1.807) is 6.07 Å². The van der Waals surface area contributed by atoms with Crippen LogP contribution in [0.2, 0.25) is 0 Å². The van der Waals surface area contributed by atoms with Gasteiger partial charge in [0.05, 0.1) is 11.6 Å². The first-order valence-corrected chi connectivity index (χ1v) is 8.15. The number of benzene rings is 1. The number of nitrogens with two attached hydrogens (primary N) is 1. The number of carbonyl (C=O) groups is 1. The van der Waals surface area contributed by atoms with Gasteiger partial charge in [0.15, 0.2) is 0 Å². The van der Waals surface area contributed by atoms with Crippen LogP contribution in [0.5, 0.6) is 0 Å². The fourth-order valence-electron chi connectivity index (χ4n) is 3.66. The molecule has 124 valence electrons. The molecule has 5 nitrogen and oxygen atoms in total. The van der Waals surface area contributed by atoms with Gasteiger partial charge in [0.25, 0.3) is 5.91 Å². The highest BCUT2D eigenvalue weighted by molar-refractivity contribution is 5.89. The second-order valence-electron chi connectivity index (χ2n) is 6.49. The van der Waals surface area contributed by atoms with Crippen molar-refractivity contribution in [3.8, 4) is 0 Å². The van der Waals surface area contributed by atoms with Crippen LogP contribution in [-0.4, -0.2) is 22.2 Å². The van der Waals surface area contributed by atoms with Crippen molar-refractivity contribution in [2.45, 2.75) is 31.6 Å². The maximum atomic E-state index is 13.7. The number of rotatable bonds is 1. The Hall–Kier alpha value is -2.63. The highest BCUT2D eigenvalue weighted by Crippen LogP contribution is 2.35. The average Bonchev–Trinajstić information content (AvgIpc) is 2.90. The minimum Gasteiger partial charge on any atom is -0.385 e. The van der Waals surface area contributed by atoms with E-state index in [0.717, 1.165) is 28.9 Å². The van der Waals surface area contributed by atoms with Gasteiger partial charge < -0.3 is 11.1 Å². The van der Waals surface area contributed by atoms with Gasteiger partial charge in [-0.15, -0.1) is 5.10 Å². The molecule has 0 spiro atoms. The van der Waals surface area contributed by atoms with Crippen LogP contribution in [0.15, 0.2) is 30.4 Å². The van der Waals surface area contributed by atoms with Crippen molar-refractivity contribution < 1.29 is 9.18 Å². The van der Waals surface area contributed by atoms with Crippen LogP contribution >= 0.6 is 0 Å². The van der Waals surface area contributed by atoms with Gasteiger partial charge in [-0.2, -0.15) is 0 Å². The maximum absolute atomic E-state index is 13.7. The van der Waals surface area contributed by atoms with Gasteiger partial charge in [-0.1, -0.05) is 12.2 Å². The van der Waals surface area contributed by atoms with Crippen molar-refractivity contribution in [2.24, 2.45) is 0 Å². The first kappa shape index (κ1) is 14.9. The number of nitrogens with one attached hydrogen (secondary N) is 1. The van der Waals surface area contributed by atoms with Gasteiger partial charge in [0.2, 0.25) is 0 Å². The topological polar surface area (TPSA) is 72.9 Å². The quantitative estimate of drug-likeness (QED) is 0.790. The Morgan fingerprint density at radius 1 is 1.42 bits per heavy atom. The van der Waals surface area contributed by atoms with E-state index in [-0.39, 0.29) is 11.7 Å². The molecule has 2 heterocycles. The molecule has 0 saturated heterocycles. The van der Waals surface area contributed by atoms with E-state index in [0.29, 0.717) is 37.2 Å². The van der Waals surface area contributed by atoms with Gasteiger partial charge in [0.1, 0.15) is 11.6 Å². The summed E-state index contributed by atoms with van der Waals surface area (Å²) in [7, 11) is 0. The Labute approximate surface area is 139 Å². The number of carbonyl (C=O) groups excluding carboxylic acids is 1. The summed E-state index contributed by atoms with van der Waals surface area (Å²) in [4.78, 5) is 13.1. The molecule has 24 heavy (non-hydrogen) atoms. The van der Waals surface area contributed by atoms with E-state index >= 15 is 0 Å². The third-order valence-electron chi connectivity index (χ3n) is 4.91. The van der Waals surface area contributed by atoms with Gasteiger partial charge in [0, 0.05) is 17.8 Å². The molecule has 2 aliphatic rings. The third-order valence-corrected chi connectivity index (χ3v) is 4.91. The molecule has 1 aliphatic heterocycles. The zero-order valence-electron chi connectivity index (χ0n) is 13.3. The molecule has 6 heteroatoms. The Kier molecular flexibility index (Phi) is 3.40. The highest BCUT2D eigenvalue weighted by atomic mass is 19.1. The third kappa shape index (κ3) is 2.29. The standard InChI is InChI=1S/C18H19FN4O/c1-10-2-5-16-14(8-10)17(20)22-23(16)18(24)12-6-7-21-15-4-3-11(19)9-13(12)15/h3-4,9,12,21H,1-2,5-8H2,(H2,20,22). The monoisotopic (exact) mass is 326 g/mol. The molecule has 0 radical (unpaired) electrons. The first-order chi connectivity index (χ1) is 11.5. The van der Waals surface area contributed by atoms with E-state index in [9.17, 15) is 9.18 Å². The fourth-order valence-corrected chi connectivity index (χ4v) is 3.66. The lowest BCUT2D eigenvalue weighted by Crippen LogP contribution is -2.29. The Morgan fingerprint density at radius 2 is 2.25 bits per heavy atom. The van der Waals surface area contributed by atoms with Crippen LogP contribution in [0.1, 0.15) is 40.4 Å². The van der Waals surface area contributed by atoms with Crippen molar-refractivity contribution >= 4 is 17.4 Å². The van der Waals surface area contributed by atoms with E-state index in [1.807, 2.05) is 0 Å². The highest BCUT2D eigenvalue weighted by Gasteiger charge is 2.32. The normalized spacial score (nSPS) is 19.4. The molecule has 1 unspecified atom stereocenters. The van der Waals surface area contributed by atoms with E-state index in [1.165, 1.54) is 16.8 Å². The summed E-state index contributed by atoms with van der Waals surface area (Å²) in [5, 5.41) is 7.50. The summed E-state index contributed by atoms with van der Waals surface area (Å²) in [6.45, 7) is 4.68. The molecule has 1 aromatic heterocycles. The number of anilines is 2. The number of hydrogen-bond donors (Lipinski definition) is 2. The molecule has 1 aromatic carbocycles. The van der Waals surface area contributed by atoms with Crippen molar-refractivity contribution in [1.82, 2.24) is 9.78 Å². The molecule has 2 aromatic rings. The van der Waals surface area contributed by atoms with Crippen LogP contribution in [0.3, 0.4) is 0 Å². The van der Waals surface area contributed by atoms with Crippen molar-refractivity contribution in [2.75, 3.05) is 17.6 Å². The smallest absolute Gasteiger partial charge is 0.254 e. The average molecular weight is 326 g/mol. The molecular formula is C18H19FN4O. The van der Waals surface area contributed by atoms with Crippen LogP contribution in [0.25, 0.3) is 0 Å². The lowest BCUT2D eigenvalue weighted by Gasteiger charge is -2.26. The summed E-state index contributed by atoms with van der Waals surface area (Å²) in [5.74, 6) is -0.490. The first-order valence-electron chi connectivity index (χ1n) is 8.15. The van der Waals surface area contributed by atoms with Gasteiger partial charge in [-0.3, -0.25) is 4.79 Å². The summed E-state index contributed by atoms with van der Waals surface area (Å²) in [5.41, 5.74) is 10.4. The molecule has 1 atom stereocenters. The predicted octanol–water partition coefficient (Wildman–Crippen LogP) is 2.89. The number of hydrogen-bond acceptors (Lipinski definition) is 4. The second kappa shape index (κ2) is 5.47. The molecule has 0 amide bonds. The number of halogens is 1. The Morgan fingerprint density at radius 3 is 3.08 bits per heavy atom. The number of allylic oxidation sites excluding steroid dienone is 1. The maximum Gasteiger partial charge on any atom is 0.254 e. The fraction of sp³-hybridized carbons (Fsp3) is 0.333. The lowest BCUT2D eigenvalue weighted by atomic mass is 9.89. The van der Waals surface area contributed by atoms with Crippen molar-refractivity contribution in [3.63, 3.8) is 0 Å². The summed E-state index contributed by atoms with van der Waals surface area (Å²) >= 11 is 0. The predicted molar refractivity (Wildman–Crippen MR) is 90.7 cm³/mol. The number of fused-ring (bicyclic) bond motifs is 2. The summed E-state index contributed by atoms with van der Waals surface area (Å²) in [6.07, 6.45) is 2.83. The number of nitrogen functional groups attached to an aromatic ring is 1. The molecule has 0 fully saturated rings. The SMILES string of the molecule is C=C1CCc2c(c(N)nn2C(=O)C2CCNc3ccc(F)cc32)C1.